The van der Waals surface area contributed by atoms with E-state index in [-0.39, 0.29) is 87.7 Å². The number of carbonyl (C=O) groups is 2. The van der Waals surface area contributed by atoms with Gasteiger partial charge in [-0.3, -0.25) is 0 Å². The molecular formula is C4H8NaO6Rb. The van der Waals surface area contributed by atoms with Crippen LogP contribution in [0.1, 0.15) is 0 Å². The van der Waals surface area contributed by atoms with Crippen LogP contribution in [-0.2, 0) is 9.59 Å². The van der Waals surface area contributed by atoms with Gasteiger partial charge < -0.3 is 20.4 Å². The molecule has 8 heteroatoms. The number of hydrogen-bond acceptors (Lipinski definition) is 4. The number of carboxylic acid groups (broad SMARTS) is 2. The number of rotatable bonds is 3. The first-order valence-corrected chi connectivity index (χ1v) is 2.28. The van der Waals surface area contributed by atoms with Crippen LogP contribution in [0, 0.1) is 0 Å². The number of aliphatic carboxylic acids is 2. The van der Waals surface area contributed by atoms with Gasteiger partial charge in [-0.25, -0.2) is 9.59 Å². The Balaban J connectivity index is -0.000000405. The average molecular weight is 261 g/mol. The zero-order valence-corrected chi connectivity index (χ0v) is 4.76. The van der Waals surface area contributed by atoms with Crippen LogP contribution in [0.5, 0.6) is 0 Å². The van der Waals surface area contributed by atoms with Crippen molar-refractivity contribution < 1.29 is 30.0 Å². The first-order valence-electron chi connectivity index (χ1n) is 2.28. The van der Waals surface area contributed by atoms with Crippen molar-refractivity contribution in [1.82, 2.24) is 0 Å². The Morgan fingerprint density at radius 1 is 0.917 bits per heavy atom. The summed E-state index contributed by atoms with van der Waals surface area (Å²) < 4.78 is 0. The van der Waals surface area contributed by atoms with Crippen LogP contribution in [0.4, 0.5) is 0 Å². The van der Waals surface area contributed by atoms with E-state index in [4.69, 9.17) is 20.4 Å². The van der Waals surface area contributed by atoms with Crippen LogP contribution in [0.3, 0.4) is 0 Å². The van der Waals surface area contributed by atoms with Crippen LogP contribution >= 0.6 is 0 Å². The van der Waals surface area contributed by atoms with Crippen LogP contribution < -0.4 is 0 Å². The van der Waals surface area contributed by atoms with Gasteiger partial charge in [0.15, 0.2) is 12.2 Å². The van der Waals surface area contributed by atoms with Gasteiger partial charge in [-0.15, -0.1) is 0 Å². The van der Waals surface area contributed by atoms with Gasteiger partial charge in [0.2, 0.25) is 0 Å². The second kappa shape index (κ2) is 9.23. The summed E-state index contributed by atoms with van der Waals surface area (Å²) in [6.07, 6.45) is -4.53. The van der Waals surface area contributed by atoms with Crippen molar-refractivity contribution in [3.05, 3.63) is 0 Å². The molecule has 2 atom stereocenters. The molecule has 0 aliphatic rings. The first-order chi connectivity index (χ1) is 4.46. The Morgan fingerprint density at radius 3 is 1.17 bits per heavy atom. The van der Waals surface area contributed by atoms with Crippen molar-refractivity contribution in [2.75, 3.05) is 0 Å². The standard InChI is InChI=1S/C4H6O6.Na.Rb.2H/c5-1(3(7)8)2(6)4(9)10;;;;/h1-2,5-6H,(H,7,8)(H,9,10);;;;. The van der Waals surface area contributed by atoms with Crippen molar-refractivity contribution in [3.8, 4) is 0 Å². The van der Waals surface area contributed by atoms with Gasteiger partial charge in [0, 0.05) is 0 Å². The van der Waals surface area contributed by atoms with Crippen molar-refractivity contribution in [3.63, 3.8) is 0 Å². The van der Waals surface area contributed by atoms with Crippen molar-refractivity contribution in [2.45, 2.75) is 12.2 Å². The quantitative estimate of drug-likeness (QED) is 0.393. The van der Waals surface area contributed by atoms with Crippen LogP contribution in [0.2, 0.25) is 0 Å². The normalized spacial score (nSPS) is 13.2. The third kappa shape index (κ3) is 7.11. The monoisotopic (exact) mass is 260 g/mol. The molecule has 0 saturated heterocycles. The molecule has 6 nitrogen and oxygen atoms in total. The van der Waals surface area contributed by atoms with Gasteiger partial charge in [0.25, 0.3) is 0 Å². The van der Waals surface area contributed by atoms with Crippen molar-refractivity contribution in [2.24, 2.45) is 0 Å². The molecule has 62 valence electrons. The van der Waals surface area contributed by atoms with Gasteiger partial charge in [0.05, 0.1) is 0 Å². The van der Waals surface area contributed by atoms with E-state index in [1.165, 1.54) is 0 Å². The minimum absolute atomic E-state index is 0. The van der Waals surface area contributed by atoms with Gasteiger partial charge in [0.1, 0.15) is 0 Å². The van der Waals surface area contributed by atoms with E-state index in [2.05, 4.69) is 0 Å². The van der Waals surface area contributed by atoms with E-state index >= 15 is 0 Å². The van der Waals surface area contributed by atoms with Crippen molar-refractivity contribution in [1.29, 1.82) is 0 Å². The van der Waals surface area contributed by atoms with E-state index in [1.54, 1.807) is 0 Å². The fourth-order valence-electron chi connectivity index (χ4n) is 0.270. The molecule has 0 aliphatic heterocycles. The first kappa shape index (κ1) is 19.3. The maximum atomic E-state index is 9.77. The number of aliphatic hydroxyl groups is 2. The van der Waals surface area contributed by atoms with Crippen LogP contribution in [0.25, 0.3) is 0 Å². The summed E-state index contributed by atoms with van der Waals surface area (Å²) in [5.41, 5.74) is 0. The molecule has 0 amide bonds. The summed E-state index contributed by atoms with van der Waals surface area (Å²) in [5, 5.41) is 32.5. The topological polar surface area (TPSA) is 115 Å². The third-order valence-corrected chi connectivity index (χ3v) is 0.805. The van der Waals surface area contributed by atoms with Gasteiger partial charge in [-0.1, -0.05) is 0 Å². The molecule has 0 aliphatic carbocycles. The summed E-state index contributed by atoms with van der Waals surface area (Å²) in [6, 6.07) is 0. The molecule has 2 unspecified atom stereocenters. The van der Waals surface area contributed by atoms with Crippen molar-refractivity contribution >= 4 is 99.7 Å². The third-order valence-electron chi connectivity index (χ3n) is 0.805. The van der Waals surface area contributed by atoms with Gasteiger partial charge in [-0.05, 0) is 0 Å². The second-order valence-electron chi connectivity index (χ2n) is 1.57. The Hall–Kier alpha value is 1.67. The predicted molar refractivity (Wildman–Crippen MR) is 41.6 cm³/mol. The predicted octanol–water partition coefficient (Wildman–Crippen LogP) is -3.42. The molecule has 0 spiro atoms. The Kier molecular flexibility index (Phi) is 14.8. The Morgan fingerprint density at radius 2 is 1.08 bits per heavy atom. The van der Waals surface area contributed by atoms with Crippen LogP contribution in [0.15, 0.2) is 0 Å². The van der Waals surface area contributed by atoms with E-state index in [9.17, 15) is 9.59 Å². The number of aliphatic hydroxyl groups excluding tert-OH is 2. The molecular weight excluding hydrogens is 252 g/mol. The zero-order chi connectivity index (χ0) is 8.31. The van der Waals surface area contributed by atoms with E-state index < -0.39 is 24.1 Å². The molecule has 0 aromatic rings. The number of hydrogen-bond donors (Lipinski definition) is 4. The fourth-order valence-corrected chi connectivity index (χ4v) is 0.270. The molecule has 0 heterocycles. The summed E-state index contributed by atoms with van der Waals surface area (Å²) in [4.78, 5) is 19.5. The molecule has 0 bridgehead atoms. The molecule has 0 rings (SSSR count). The molecule has 0 aromatic carbocycles. The van der Waals surface area contributed by atoms with E-state index in [1.807, 2.05) is 0 Å². The molecule has 0 saturated carbocycles. The maximum absolute atomic E-state index is 9.77. The molecule has 4 N–H and O–H groups in total. The zero-order valence-electron chi connectivity index (χ0n) is 4.76. The summed E-state index contributed by atoms with van der Waals surface area (Å²) in [5.74, 6) is -3.54. The van der Waals surface area contributed by atoms with E-state index in [0.717, 1.165) is 0 Å². The van der Waals surface area contributed by atoms with E-state index in [0.29, 0.717) is 0 Å². The average Bonchev–Trinajstić information content (AvgIpc) is 1.84. The second-order valence-corrected chi connectivity index (χ2v) is 1.57. The summed E-state index contributed by atoms with van der Waals surface area (Å²) in [6.45, 7) is 0. The van der Waals surface area contributed by atoms with Gasteiger partial charge >= 0.3 is 99.7 Å². The van der Waals surface area contributed by atoms with Gasteiger partial charge in [-0.2, -0.15) is 0 Å². The van der Waals surface area contributed by atoms with Crippen LogP contribution in [-0.4, -0.2) is 132 Å². The Labute approximate surface area is 139 Å². The molecule has 0 fully saturated rings. The summed E-state index contributed by atoms with van der Waals surface area (Å²) in [7, 11) is 0. The Bertz CT molecular complexity index is 144. The summed E-state index contributed by atoms with van der Waals surface area (Å²) >= 11 is 0. The molecule has 0 radical (unpaired) electrons. The number of carboxylic acids is 2. The minimum atomic E-state index is -2.27. The molecule has 0 aromatic heterocycles. The fraction of sp³-hybridized carbons (Fsp3) is 0.500. The molecule has 12 heavy (non-hydrogen) atoms. The SMILES string of the molecule is O=C(O)C(O)C(O)C(=O)O.[NaH].[RbH].